The molecule has 52 heavy (non-hydrogen) atoms. The molecule has 1 aliphatic rings. The van der Waals surface area contributed by atoms with Crippen LogP contribution in [0, 0.1) is 26.7 Å². The lowest BCUT2D eigenvalue weighted by molar-refractivity contribution is -0.137. The monoisotopic (exact) mass is 717 g/mol. The standard InChI is InChI=1S/C41H46F3N3O5/c1-25-18-26(2)38(27(3)19-25)51-33-16-12-31(13-17-33)22-46(6)23-36-28(4)21-47(29(5)24-48)40(50)34-8-7-9-35(39(34)52-36)45-37(49)20-30-10-14-32(15-11-30)41(42,43)44/h7-19,28-29,36,48H,20-24H2,1-6H3,(H,45,49)/t28-,29+,36-/m1/s1. The van der Waals surface area contributed by atoms with Gasteiger partial charge >= 0.3 is 6.18 Å². The van der Waals surface area contributed by atoms with Crippen LogP contribution < -0.4 is 14.8 Å². The van der Waals surface area contributed by atoms with Gasteiger partial charge in [-0.3, -0.25) is 14.5 Å². The molecule has 0 fully saturated rings. The van der Waals surface area contributed by atoms with Crippen LogP contribution >= 0.6 is 0 Å². The Morgan fingerprint density at radius 3 is 2.27 bits per heavy atom. The summed E-state index contributed by atoms with van der Waals surface area (Å²) < 4.78 is 52.0. The molecule has 2 N–H and O–H groups in total. The summed E-state index contributed by atoms with van der Waals surface area (Å²) >= 11 is 0. The Morgan fingerprint density at radius 1 is 1.02 bits per heavy atom. The van der Waals surface area contributed by atoms with Gasteiger partial charge in [-0.05, 0) is 93.4 Å². The summed E-state index contributed by atoms with van der Waals surface area (Å²) in [7, 11) is 1.98. The van der Waals surface area contributed by atoms with Crippen molar-refractivity contribution in [3.8, 4) is 17.2 Å². The lowest BCUT2D eigenvalue weighted by Crippen LogP contribution is -2.49. The van der Waals surface area contributed by atoms with Crippen molar-refractivity contribution in [2.75, 3.05) is 32.1 Å². The number of nitrogens with zero attached hydrogens (tertiary/aromatic N) is 2. The van der Waals surface area contributed by atoms with Gasteiger partial charge in [0.15, 0.2) is 5.75 Å². The van der Waals surface area contributed by atoms with Crippen LogP contribution in [0.25, 0.3) is 0 Å². The van der Waals surface area contributed by atoms with Crippen LogP contribution in [0.5, 0.6) is 17.2 Å². The van der Waals surface area contributed by atoms with E-state index in [4.69, 9.17) is 9.47 Å². The average molecular weight is 718 g/mol. The van der Waals surface area contributed by atoms with Crippen molar-refractivity contribution in [3.05, 3.63) is 118 Å². The van der Waals surface area contributed by atoms with Crippen LogP contribution in [-0.4, -0.2) is 65.6 Å². The van der Waals surface area contributed by atoms with E-state index < -0.39 is 29.8 Å². The number of likely N-dealkylation sites (N-methyl/N-ethyl adjacent to an activating group) is 1. The number of alkyl halides is 3. The molecule has 276 valence electrons. The summed E-state index contributed by atoms with van der Waals surface area (Å²) in [4.78, 5) is 30.8. The maximum atomic E-state index is 13.9. The maximum Gasteiger partial charge on any atom is 0.416 e. The van der Waals surface area contributed by atoms with Crippen molar-refractivity contribution < 1.29 is 37.3 Å². The second-order valence-electron chi connectivity index (χ2n) is 13.9. The summed E-state index contributed by atoms with van der Waals surface area (Å²) in [5, 5.41) is 12.8. The Balaban J connectivity index is 1.33. The van der Waals surface area contributed by atoms with E-state index >= 15 is 0 Å². The normalized spacial score (nSPS) is 16.8. The number of benzene rings is 4. The zero-order chi connectivity index (χ0) is 37.7. The van der Waals surface area contributed by atoms with E-state index in [2.05, 4.69) is 29.3 Å². The fraction of sp³-hybridized carbons (Fsp3) is 0.366. The number of hydrogen-bond acceptors (Lipinski definition) is 6. The molecular formula is C41H46F3N3O5. The van der Waals surface area contributed by atoms with Crippen LogP contribution in [0.1, 0.15) is 57.6 Å². The van der Waals surface area contributed by atoms with E-state index in [-0.39, 0.29) is 41.9 Å². The third-order valence-electron chi connectivity index (χ3n) is 9.30. The molecule has 0 spiro atoms. The quantitative estimate of drug-likeness (QED) is 0.164. The van der Waals surface area contributed by atoms with E-state index in [9.17, 15) is 27.9 Å². The van der Waals surface area contributed by atoms with Crippen molar-refractivity contribution >= 4 is 17.5 Å². The smallest absolute Gasteiger partial charge is 0.416 e. The summed E-state index contributed by atoms with van der Waals surface area (Å²) in [6.07, 6.45) is -5.08. The lowest BCUT2D eigenvalue weighted by atomic mass is 9.98. The first-order valence-corrected chi connectivity index (χ1v) is 17.3. The van der Waals surface area contributed by atoms with E-state index in [0.717, 1.165) is 40.3 Å². The molecule has 1 heterocycles. The maximum absolute atomic E-state index is 13.9. The number of aryl methyl sites for hydroxylation is 3. The molecule has 0 aliphatic carbocycles. The first-order chi connectivity index (χ1) is 24.6. The summed E-state index contributed by atoms with van der Waals surface area (Å²) in [5.41, 5.74) is 4.52. The highest BCUT2D eigenvalue weighted by molar-refractivity contribution is 6.02. The number of halogens is 3. The number of hydrogen-bond donors (Lipinski definition) is 2. The molecule has 0 unspecified atom stereocenters. The van der Waals surface area contributed by atoms with Crippen LogP contribution in [0.3, 0.4) is 0 Å². The van der Waals surface area contributed by atoms with Crippen molar-refractivity contribution in [3.63, 3.8) is 0 Å². The van der Waals surface area contributed by atoms with Crippen LogP contribution in [0.2, 0.25) is 0 Å². The largest absolute Gasteiger partial charge is 0.486 e. The van der Waals surface area contributed by atoms with Gasteiger partial charge in [-0.1, -0.05) is 55.0 Å². The highest BCUT2D eigenvalue weighted by Crippen LogP contribution is 2.36. The predicted octanol–water partition coefficient (Wildman–Crippen LogP) is 7.96. The molecule has 2 amide bonds. The molecule has 5 rings (SSSR count). The zero-order valence-corrected chi connectivity index (χ0v) is 30.4. The minimum Gasteiger partial charge on any atom is -0.486 e. The fourth-order valence-electron chi connectivity index (χ4n) is 6.54. The Bertz CT molecular complexity index is 1860. The topological polar surface area (TPSA) is 91.3 Å². The van der Waals surface area contributed by atoms with Gasteiger partial charge in [0.1, 0.15) is 17.6 Å². The van der Waals surface area contributed by atoms with Crippen LogP contribution in [0.15, 0.2) is 78.9 Å². The first kappa shape index (κ1) is 38.4. The first-order valence-electron chi connectivity index (χ1n) is 17.3. The van der Waals surface area contributed by atoms with Crippen molar-refractivity contribution in [1.29, 1.82) is 0 Å². The summed E-state index contributed by atoms with van der Waals surface area (Å²) in [6, 6.07) is 21.0. The molecular weight excluding hydrogens is 671 g/mol. The second-order valence-corrected chi connectivity index (χ2v) is 13.9. The minimum absolute atomic E-state index is 0.166. The highest BCUT2D eigenvalue weighted by Gasteiger charge is 2.35. The number of ether oxygens (including phenoxy) is 2. The lowest BCUT2D eigenvalue weighted by Gasteiger charge is -2.38. The average Bonchev–Trinajstić information content (AvgIpc) is 3.08. The van der Waals surface area contributed by atoms with E-state index in [0.29, 0.717) is 25.2 Å². The van der Waals surface area contributed by atoms with Gasteiger partial charge in [0, 0.05) is 25.6 Å². The predicted molar refractivity (Wildman–Crippen MR) is 195 cm³/mol. The number of rotatable bonds is 11. The number of carbonyl (C=O) groups is 2. The Hall–Kier alpha value is -4.87. The molecule has 4 aromatic carbocycles. The molecule has 4 aromatic rings. The van der Waals surface area contributed by atoms with Crippen molar-refractivity contribution in [2.24, 2.45) is 5.92 Å². The van der Waals surface area contributed by atoms with E-state index in [1.807, 2.05) is 52.1 Å². The molecule has 8 nitrogen and oxygen atoms in total. The number of fused-ring (bicyclic) bond motifs is 1. The summed E-state index contributed by atoms with van der Waals surface area (Å²) in [5.74, 6) is 0.814. The molecule has 3 atom stereocenters. The molecule has 0 saturated carbocycles. The van der Waals surface area contributed by atoms with Gasteiger partial charge in [0.2, 0.25) is 5.91 Å². The van der Waals surface area contributed by atoms with E-state index in [1.165, 1.54) is 17.7 Å². The van der Waals surface area contributed by atoms with Crippen LogP contribution in [-0.2, 0) is 23.9 Å². The Labute approximate surface area is 303 Å². The highest BCUT2D eigenvalue weighted by atomic mass is 19.4. The third kappa shape index (κ3) is 9.32. The number of aliphatic hydroxyl groups is 1. The van der Waals surface area contributed by atoms with Gasteiger partial charge in [-0.2, -0.15) is 13.2 Å². The Kier molecular flexibility index (Phi) is 12.0. The molecule has 0 bridgehead atoms. The second kappa shape index (κ2) is 16.2. The number of nitrogens with one attached hydrogen (secondary N) is 1. The molecule has 0 saturated heterocycles. The van der Waals surface area contributed by atoms with E-state index in [1.54, 1.807) is 30.0 Å². The number of amides is 2. The number of anilines is 1. The van der Waals surface area contributed by atoms with Crippen LogP contribution in [0.4, 0.5) is 18.9 Å². The fourth-order valence-corrected chi connectivity index (χ4v) is 6.54. The Morgan fingerprint density at radius 2 is 1.65 bits per heavy atom. The molecule has 0 aromatic heterocycles. The minimum atomic E-state index is -4.48. The van der Waals surface area contributed by atoms with Gasteiger partial charge in [-0.25, -0.2) is 0 Å². The molecule has 11 heteroatoms. The number of para-hydroxylation sites is 1. The number of aliphatic hydroxyl groups excluding tert-OH is 1. The third-order valence-corrected chi connectivity index (χ3v) is 9.30. The number of carbonyl (C=O) groups excluding carboxylic acids is 2. The van der Waals surface area contributed by atoms with Gasteiger partial charge in [-0.15, -0.1) is 0 Å². The SMILES string of the molecule is Cc1cc(C)c(Oc2ccc(CN(C)C[C@H]3Oc4c(NC(=O)Cc5ccc(C(F)(F)F)cc5)cccc4C(=O)N([C@@H](C)CO)C[C@H]3C)cc2)c(C)c1. The van der Waals surface area contributed by atoms with Gasteiger partial charge in [0.25, 0.3) is 5.91 Å². The van der Waals surface area contributed by atoms with Crippen molar-refractivity contribution in [1.82, 2.24) is 9.80 Å². The molecule has 1 aliphatic heterocycles. The zero-order valence-electron chi connectivity index (χ0n) is 30.4. The molecule has 0 radical (unpaired) electrons. The van der Waals surface area contributed by atoms with Gasteiger partial charge in [0.05, 0.1) is 35.9 Å². The summed E-state index contributed by atoms with van der Waals surface area (Å²) in [6.45, 7) is 11.1. The van der Waals surface area contributed by atoms with Crippen molar-refractivity contribution in [2.45, 2.75) is 65.9 Å². The van der Waals surface area contributed by atoms with Gasteiger partial charge < -0.3 is 24.8 Å².